The van der Waals surface area contributed by atoms with Crippen molar-refractivity contribution in [1.82, 2.24) is 10.6 Å². The fourth-order valence-corrected chi connectivity index (χ4v) is 3.43. The minimum Gasteiger partial charge on any atom is -0.508 e. The van der Waals surface area contributed by atoms with Gasteiger partial charge in [-0.05, 0) is 22.4 Å². The Morgan fingerprint density at radius 2 is 1.45 bits per heavy atom. The lowest BCUT2D eigenvalue weighted by atomic mass is 9.87. The predicted octanol–water partition coefficient (Wildman–Crippen LogP) is 2.94. The highest BCUT2D eigenvalue weighted by Gasteiger charge is 2.39. The van der Waals surface area contributed by atoms with Gasteiger partial charge >= 0.3 is 0 Å². The van der Waals surface area contributed by atoms with Crippen molar-refractivity contribution in [3.8, 4) is 5.75 Å². The normalized spacial score (nSPS) is 16.9. The molecule has 1 aliphatic heterocycles. The molecule has 4 rings (SSSR count). The van der Waals surface area contributed by atoms with E-state index in [4.69, 9.17) is 0 Å². The second-order valence-electron chi connectivity index (χ2n) is 5.65. The first-order chi connectivity index (χ1) is 10.8. The smallest absolute Gasteiger partial charge is 0.126 e. The average Bonchev–Trinajstić information content (AvgIpc) is 3.06. The maximum Gasteiger partial charge on any atom is 0.126 e. The molecule has 0 radical (unpaired) electrons. The van der Waals surface area contributed by atoms with E-state index < -0.39 is 5.66 Å². The zero-order valence-electron chi connectivity index (χ0n) is 12.2. The van der Waals surface area contributed by atoms with Crippen molar-refractivity contribution in [2.45, 2.75) is 5.66 Å². The van der Waals surface area contributed by atoms with Crippen molar-refractivity contribution in [1.29, 1.82) is 0 Å². The minimum atomic E-state index is -0.549. The second kappa shape index (κ2) is 5.13. The molecule has 0 atom stereocenters. The van der Waals surface area contributed by atoms with Crippen LogP contribution in [0.15, 0.2) is 66.7 Å². The van der Waals surface area contributed by atoms with E-state index in [0.717, 1.165) is 35.0 Å². The topological polar surface area (TPSA) is 44.3 Å². The Kier molecular flexibility index (Phi) is 3.10. The number of hydrogen-bond acceptors (Lipinski definition) is 3. The molecule has 1 heterocycles. The van der Waals surface area contributed by atoms with Crippen LogP contribution in [0.2, 0.25) is 0 Å². The van der Waals surface area contributed by atoms with Gasteiger partial charge in [0.05, 0.1) is 0 Å². The van der Waals surface area contributed by atoms with Gasteiger partial charge in [0.15, 0.2) is 0 Å². The summed E-state index contributed by atoms with van der Waals surface area (Å²) in [6, 6.07) is 22.2. The number of fused-ring (bicyclic) bond motifs is 1. The molecular weight excluding hydrogens is 272 g/mol. The van der Waals surface area contributed by atoms with Crippen LogP contribution in [0.5, 0.6) is 5.75 Å². The molecule has 1 saturated heterocycles. The molecule has 0 aliphatic carbocycles. The highest BCUT2D eigenvalue weighted by atomic mass is 16.3. The molecule has 0 saturated carbocycles. The molecule has 0 unspecified atom stereocenters. The van der Waals surface area contributed by atoms with Crippen molar-refractivity contribution in [3.63, 3.8) is 0 Å². The molecule has 1 aliphatic rings. The zero-order valence-corrected chi connectivity index (χ0v) is 12.2. The maximum absolute atomic E-state index is 10.6. The number of hydrogen-bond donors (Lipinski definition) is 3. The zero-order chi connectivity index (χ0) is 15.0. The summed E-state index contributed by atoms with van der Waals surface area (Å²) in [6.07, 6.45) is 0. The van der Waals surface area contributed by atoms with Crippen LogP contribution in [0.1, 0.15) is 11.1 Å². The van der Waals surface area contributed by atoms with E-state index in [1.54, 1.807) is 6.07 Å². The molecule has 3 heteroatoms. The van der Waals surface area contributed by atoms with Crippen LogP contribution in [0.25, 0.3) is 10.8 Å². The van der Waals surface area contributed by atoms with Crippen LogP contribution in [0, 0.1) is 0 Å². The standard InChI is InChI=1S/C19H18N2O/c22-17-11-10-14-6-4-5-9-16(14)18(17)19(20-12-13-21-19)15-7-2-1-3-8-15/h1-11,20-22H,12-13H2. The number of phenols is 1. The minimum absolute atomic E-state index is 0.310. The lowest BCUT2D eigenvalue weighted by Gasteiger charge is -2.33. The Morgan fingerprint density at radius 3 is 2.23 bits per heavy atom. The highest BCUT2D eigenvalue weighted by Crippen LogP contribution is 2.39. The average molecular weight is 290 g/mol. The summed E-state index contributed by atoms with van der Waals surface area (Å²) in [5.74, 6) is 0.310. The predicted molar refractivity (Wildman–Crippen MR) is 88.8 cm³/mol. The van der Waals surface area contributed by atoms with Gasteiger partial charge < -0.3 is 5.11 Å². The highest BCUT2D eigenvalue weighted by molar-refractivity contribution is 5.89. The van der Waals surface area contributed by atoms with E-state index in [-0.39, 0.29) is 0 Å². The van der Waals surface area contributed by atoms with Crippen LogP contribution in [-0.4, -0.2) is 18.2 Å². The van der Waals surface area contributed by atoms with Gasteiger partial charge in [-0.3, -0.25) is 10.6 Å². The van der Waals surface area contributed by atoms with E-state index in [0.29, 0.717) is 5.75 Å². The Hall–Kier alpha value is -2.36. The quantitative estimate of drug-likeness (QED) is 0.680. The third-order valence-corrected chi connectivity index (χ3v) is 4.39. The van der Waals surface area contributed by atoms with E-state index in [1.807, 2.05) is 36.4 Å². The van der Waals surface area contributed by atoms with Crippen LogP contribution >= 0.6 is 0 Å². The van der Waals surface area contributed by atoms with Crippen molar-refractivity contribution >= 4 is 10.8 Å². The van der Waals surface area contributed by atoms with Gasteiger partial charge in [-0.25, -0.2) is 0 Å². The summed E-state index contributed by atoms with van der Waals surface area (Å²) in [5, 5.41) is 19.9. The van der Waals surface area contributed by atoms with Gasteiger partial charge in [0.25, 0.3) is 0 Å². The summed E-state index contributed by atoms with van der Waals surface area (Å²) < 4.78 is 0. The molecule has 0 bridgehead atoms. The van der Waals surface area contributed by atoms with E-state index in [1.165, 1.54) is 0 Å². The molecule has 0 amide bonds. The van der Waals surface area contributed by atoms with Gasteiger partial charge in [-0.2, -0.15) is 0 Å². The van der Waals surface area contributed by atoms with Crippen molar-refractivity contribution in [2.24, 2.45) is 0 Å². The maximum atomic E-state index is 10.6. The largest absolute Gasteiger partial charge is 0.508 e. The van der Waals surface area contributed by atoms with Gasteiger partial charge in [0, 0.05) is 18.7 Å². The molecule has 3 aromatic rings. The number of benzene rings is 3. The summed E-state index contributed by atoms with van der Waals surface area (Å²) in [4.78, 5) is 0. The van der Waals surface area contributed by atoms with Crippen molar-refractivity contribution in [2.75, 3.05) is 13.1 Å². The first-order valence-corrected chi connectivity index (χ1v) is 7.58. The first-order valence-electron chi connectivity index (χ1n) is 7.58. The lowest BCUT2D eigenvalue weighted by molar-refractivity contribution is 0.392. The number of nitrogens with one attached hydrogen (secondary N) is 2. The fraction of sp³-hybridized carbons (Fsp3) is 0.158. The second-order valence-corrected chi connectivity index (χ2v) is 5.65. The van der Waals surface area contributed by atoms with Crippen LogP contribution in [-0.2, 0) is 5.66 Å². The van der Waals surface area contributed by atoms with Crippen LogP contribution in [0.3, 0.4) is 0 Å². The Labute approximate surface area is 129 Å². The van der Waals surface area contributed by atoms with E-state index in [2.05, 4.69) is 34.9 Å². The monoisotopic (exact) mass is 290 g/mol. The number of rotatable bonds is 2. The molecule has 0 aromatic heterocycles. The number of phenolic OH excluding ortho intramolecular Hbond substituents is 1. The Bertz CT molecular complexity index is 808. The molecule has 3 N–H and O–H groups in total. The number of aromatic hydroxyl groups is 1. The molecule has 0 spiro atoms. The van der Waals surface area contributed by atoms with Crippen LogP contribution in [0.4, 0.5) is 0 Å². The Balaban J connectivity index is 2.05. The van der Waals surface area contributed by atoms with E-state index in [9.17, 15) is 5.11 Å². The van der Waals surface area contributed by atoms with Crippen molar-refractivity contribution < 1.29 is 5.11 Å². The summed E-state index contributed by atoms with van der Waals surface area (Å²) in [6.45, 7) is 1.72. The molecule has 22 heavy (non-hydrogen) atoms. The van der Waals surface area contributed by atoms with E-state index >= 15 is 0 Å². The molecule has 3 aromatic carbocycles. The molecule has 110 valence electrons. The third-order valence-electron chi connectivity index (χ3n) is 4.39. The van der Waals surface area contributed by atoms with Gasteiger partial charge in [-0.1, -0.05) is 60.7 Å². The molecular formula is C19H18N2O. The fourth-order valence-electron chi connectivity index (χ4n) is 3.43. The summed E-state index contributed by atoms with van der Waals surface area (Å²) >= 11 is 0. The first kappa shape index (κ1) is 13.3. The third kappa shape index (κ3) is 1.90. The summed E-state index contributed by atoms with van der Waals surface area (Å²) in [7, 11) is 0. The molecule has 1 fully saturated rings. The summed E-state index contributed by atoms with van der Waals surface area (Å²) in [5.41, 5.74) is 1.46. The SMILES string of the molecule is Oc1ccc2ccccc2c1C1(c2ccccc2)NCCN1. The lowest BCUT2D eigenvalue weighted by Crippen LogP contribution is -2.47. The van der Waals surface area contributed by atoms with Gasteiger partial charge in [0.1, 0.15) is 11.4 Å². The molecule has 3 nitrogen and oxygen atoms in total. The van der Waals surface area contributed by atoms with Crippen LogP contribution < -0.4 is 10.6 Å². The van der Waals surface area contributed by atoms with Gasteiger partial charge in [0.2, 0.25) is 0 Å². The van der Waals surface area contributed by atoms with Gasteiger partial charge in [-0.15, -0.1) is 0 Å². The Morgan fingerprint density at radius 1 is 0.773 bits per heavy atom. The van der Waals surface area contributed by atoms with Crippen molar-refractivity contribution in [3.05, 3.63) is 77.9 Å².